The number of amides is 1. The lowest BCUT2D eigenvalue weighted by molar-refractivity contribution is 0.0847. The van der Waals surface area contributed by atoms with E-state index in [2.05, 4.69) is 29.0 Å². The minimum atomic E-state index is -0.780. The van der Waals surface area contributed by atoms with Crippen LogP contribution in [0.2, 0.25) is 0 Å². The van der Waals surface area contributed by atoms with Crippen LogP contribution in [0.25, 0.3) is 9.53 Å². The number of aliphatic hydroxyl groups is 1. The number of thiophene rings is 1. The Kier molecular flexibility index (Phi) is 6.88. The number of nitrogens with one attached hydrogen (secondary N) is 1. The largest absolute Gasteiger partial charge is 0.491 e. The molecule has 1 aromatic carbocycles. The number of ether oxygens (including phenoxy) is 1. The lowest BCUT2D eigenvalue weighted by Gasteiger charge is -2.16. The third-order valence-corrected chi connectivity index (χ3v) is 6.49. The van der Waals surface area contributed by atoms with Crippen LogP contribution in [-0.2, 0) is 0 Å². The molecule has 1 unspecified atom stereocenters. The zero-order chi connectivity index (χ0) is 20.1. The Hall–Kier alpha value is -2.16. The second-order valence-corrected chi connectivity index (χ2v) is 8.48. The summed E-state index contributed by atoms with van der Waals surface area (Å²) in [5.41, 5.74) is 1.09. The summed E-state index contributed by atoms with van der Waals surface area (Å²) in [4.78, 5) is 20.7. The zero-order valence-electron chi connectivity index (χ0n) is 16.3. The van der Waals surface area contributed by atoms with Crippen molar-refractivity contribution < 1.29 is 14.6 Å². The lowest BCUT2D eigenvalue weighted by Crippen LogP contribution is -2.34. The molecule has 0 saturated heterocycles. The number of thiazole rings is 1. The Labute approximate surface area is 172 Å². The van der Waals surface area contributed by atoms with Gasteiger partial charge in [0.2, 0.25) is 0 Å². The molecule has 6 nitrogen and oxygen atoms in total. The van der Waals surface area contributed by atoms with Gasteiger partial charge in [-0.1, -0.05) is 23.5 Å². The number of hydrogen-bond donors (Lipinski definition) is 2. The first kappa shape index (κ1) is 20.6. The molecule has 1 amide bonds. The molecule has 0 aliphatic carbocycles. The third-order valence-electron chi connectivity index (χ3n) is 4.27. The molecule has 2 aromatic heterocycles. The molecule has 3 aromatic rings. The maximum Gasteiger partial charge on any atom is 0.261 e. The minimum absolute atomic E-state index is 0.123. The Morgan fingerprint density at radius 2 is 2.07 bits per heavy atom. The van der Waals surface area contributed by atoms with Crippen molar-refractivity contribution in [2.75, 3.05) is 31.1 Å². The van der Waals surface area contributed by atoms with Crippen LogP contribution in [0.4, 0.5) is 5.13 Å². The molecule has 0 fully saturated rings. The summed E-state index contributed by atoms with van der Waals surface area (Å²) < 4.78 is 6.58. The Morgan fingerprint density at radius 1 is 1.29 bits per heavy atom. The second-order valence-electron chi connectivity index (χ2n) is 6.44. The van der Waals surface area contributed by atoms with Gasteiger partial charge in [-0.3, -0.25) is 4.79 Å². The van der Waals surface area contributed by atoms with E-state index in [0.29, 0.717) is 10.6 Å². The van der Waals surface area contributed by atoms with Gasteiger partial charge in [-0.2, -0.15) is 0 Å². The quantitative estimate of drug-likeness (QED) is 0.553. The third kappa shape index (κ3) is 5.01. The van der Waals surface area contributed by atoms with Gasteiger partial charge < -0.3 is 20.1 Å². The van der Waals surface area contributed by atoms with E-state index in [1.54, 1.807) is 11.3 Å². The maximum atomic E-state index is 12.4. The normalized spacial score (nSPS) is 12.1. The summed E-state index contributed by atoms with van der Waals surface area (Å²) in [7, 11) is 0. The van der Waals surface area contributed by atoms with Crippen molar-refractivity contribution in [3.63, 3.8) is 0 Å². The summed E-state index contributed by atoms with van der Waals surface area (Å²) in [6.45, 7) is 8.26. The number of anilines is 1. The molecule has 28 heavy (non-hydrogen) atoms. The molecular weight excluding hydrogens is 394 g/mol. The van der Waals surface area contributed by atoms with Gasteiger partial charge in [0, 0.05) is 19.6 Å². The van der Waals surface area contributed by atoms with Crippen molar-refractivity contribution in [1.29, 1.82) is 0 Å². The molecule has 0 aliphatic rings. The Bertz CT molecular complexity index is 902. The first-order valence-electron chi connectivity index (χ1n) is 9.31. The first-order valence-corrected chi connectivity index (χ1v) is 10.9. The molecule has 0 bridgehead atoms. The number of aryl methyl sites for hydroxylation is 1. The van der Waals surface area contributed by atoms with E-state index in [1.165, 1.54) is 11.3 Å². The SMILES string of the molecule is CCN(CC)c1nc2sc(C(=O)NCC(O)COc3cccc(C)c3)cc2s1. The van der Waals surface area contributed by atoms with Gasteiger partial charge in [-0.05, 0) is 44.5 Å². The molecule has 3 rings (SSSR count). The van der Waals surface area contributed by atoms with Crippen LogP contribution in [0.3, 0.4) is 0 Å². The fraction of sp³-hybridized carbons (Fsp3) is 0.400. The monoisotopic (exact) mass is 419 g/mol. The van der Waals surface area contributed by atoms with Gasteiger partial charge in [0.15, 0.2) is 5.13 Å². The summed E-state index contributed by atoms with van der Waals surface area (Å²) in [5, 5.41) is 13.8. The summed E-state index contributed by atoms with van der Waals surface area (Å²) in [6, 6.07) is 9.51. The summed E-state index contributed by atoms with van der Waals surface area (Å²) in [5.74, 6) is 0.508. The second kappa shape index (κ2) is 9.36. The number of nitrogens with zero attached hydrogens (tertiary/aromatic N) is 2. The Morgan fingerprint density at radius 3 is 2.75 bits per heavy atom. The highest BCUT2D eigenvalue weighted by Gasteiger charge is 2.17. The van der Waals surface area contributed by atoms with Gasteiger partial charge in [-0.25, -0.2) is 4.98 Å². The molecule has 0 aliphatic heterocycles. The van der Waals surface area contributed by atoms with Crippen LogP contribution < -0.4 is 15.0 Å². The molecule has 0 saturated carbocycles. The standard InChI is InChI=1S/C20H25N3O3S2/c1-4-23(5-2)20-22-19-17(28-20)10-16(27-19)18(25)21-11-14(24)12-26-15-8-6-7-13(3)9-15/h6-10,14,24H,4-5,11-12H2,1-3H3,(H,21,25). The number of hydrogen-bond acceptors (Lipinski definition) is 7. The van der Waals surface area contributed by atoms with Crippen molar-refractivity contribution >= 4 is 43.2 Å². The van der Waals surface area contributed by atoms with Crippen LogP contribution >= 0.6 is 22.7 Å². The van der Waals surface area contributed by atoms with Crippen LogP contribution in [-0.4, -0.2) is 48.3 Å². The number of aromatic nitrogens is 1. The van der Waals surface area contributed by atoms with E-state index in [9.17, 15) is 9.90 Å². The van der Waals surface area contributed by atoms with Crippen molar-refractivity contribution in [2.45, 2.75) is 26.9 Å². The number of benzene rings is 1. The van der Waals surface area contributed by atoms with Crippen molar-refractivity contribution in [2.24, 2.45) is 0 Å². The van der Waals surface area contributed by atoms with Crippen molar-refractivity contribution in [1.82, 2.24) is 10.3 Å². The average molecular weight is 420 g/mol. The number of carbonyl (C=O) groups excluding carboxylic acids is 1. The molecule has 2 N–H and O–H groups in total. The first-order chi connectivity index (χ1) is 13.5. The van der Waals surface area contributed by atoms with E-state index in [0.717, 1.165) is 33.3 Å². The molecule has 8 heteroatoms. The number of fused-ring (bicyclic) bond motifs is 1. The molecular formula is C20H25N3O3S2. The number of rotatable bonds is 9. The highest BCUT2D eigenvalue weighted by Crippen LogP contribution is 2.34. The maximum absolute atomic E-state index is 12.4. The average Bonchev–Trinajstić information content (AvgIpc) is 3.25. The molecule has 0 radical (unpaired) electrons. The van der Waals surface area contributed by atoms with E-state index in [-0.39, 0.29) is 19.1 Å². The number of carbonyl (C=O) groups is 1. The summed E-state index contributed by atoms with van der Waals surface area (Å²) in [6.07, 6.45) is -0.780. The molecule has 0 spiro atoms. The number of aliphatic hydroxyl groups excluding tert-OH is 1. The minimum Gasteiger partial charge on any atom is -0.491 e. The Balaban J connectivity index is 1.52. The fourth-order valence-corrected chi connectivity index (χ4v) is 4.97. The predicted molar refractivity (Wildman–Crippen MR) is 116 cm³/mol. The van der Waals surface area contributed by atoms with Crippen LogP contribution in [0.15, 0.2) is 30.3 Å². The molecule has 1 atom stereocenters. The van der Waals surface area contributed by atoms with Crippen LogP contribution in [0, 0.1) is 6.92 Å². The van der Waals surface area contributed by atoms with Crippen molar-refractivity contribution in [3.8, 4) is 5.75 Å². The van der Waals surface area contributed by atoms with Crippen LogP contribution in [0.1, 0.15) is 29.1 Å². The van der Waals surface area contributed by atoms with Gasteiger partial charge in [0.05, 0.1) is 9.58 Å². The molecule has 150 valence electrons. The topological polar surface area (TPSA) is 74.7 Å². The molecule has 2 heterocycles. The van der Waals surface area contributed by atoms with Gasteiger partial charge >= 0.3 is 0 Å². The lowest BCUT2D eigenvalue weighted by atomic mass is 10.2. The highest BCUT2D eigenvalue weighted by atomic mass is 32.1. The van der Waals surface area contributed by atoms with Gasteiger partial charge in [-0.15, -0.1) is 11.3 Å². The van der Waals surface area contributed by atoms with Crippen molar-refractivity contribution in [3.05, 3.63) is 40.8 Å². The zero-order valence-corrected chi connectivity index (χ0v) is 17.9. The van der Waals surface area contributed by atoms with E-state index in [4.69, 9.17) is 4.74 Å². The summed E-state index contributed by atoms with van der Waals surface area (Å²) >= 11 is 2.98. The van der Waals surface area contributed by atoms with E-state index in [1.807, 2.05) is 37.3 Å². The smallest absolute Gasteiger partial charge is 0.261 e. The predicted octanol–water partition coefficient (Wildman–Crippen LogP) is 3.68. The van der Waals surface area contributed by atoms with E-state index < -0.39 is 6.10 Å². The van der Waals surface area contributed by atoms with Gasteiger partial charge in [0.1, 0.15) is 23.3 Å². The van der Waals surface area contributed by atoms with Gasteiger partial charge in [0.25, 0.3) is 5.91 Å². The fourth-order valence-electron chi connectivity index (χ4n) is 2.72. The highest BCUT2D eigenvalue weighted by molar-refractivity contribution is 7.29. The van der Waals surface area contributed by atoms with Crippen LogP contribution in [0.5, 0.6) is 5.75 Å². The van der Waals surface area contributed by atoms with E-state index >= 15 is 0 Å².